The van der Waals surface area contributed by atoms with Crippen molar-refractivity contribution in [3.8, 4) is 0 Å². The van der Waals surface area contributed by atoms with Gasteiger partial charge in [-0.3, -0.25) is 9.00 Å². The quantitative estimate of drug-likeness (QED) is 0.698. The highest BCUT2D eigenvalue weighted by molar-refractivity contribution is 7.87. The molecule has 0 heterocycles. The summed E-state index contributed by atoms with van der Waals surface area (Å²) in [5, 5.41) is 2.27. The van der Waals surface area contributed by atoms with Crippen molar-refractivity contribution in [1.29, 1.82) is 0 Å². The largest absolute Gasteiger partial charge is 0.353 e. The van der Waals surface area contributed by atoms with Crippen LogP contribution in [-0.2, 0) is 15.6 Å². The van der Waals surface area contributed by atoms with Crippen molar-refractivity contribution in [2.75, 3.05) is 6.54 Å². The lowest BCUT2D eigenvalue weighted by atomic mass is 10.3. The number of rotatable bonds is 6. The second kappa shape index (κ2) is 6.95. The Labute approximate surface area is 94.4 Å². The molecule has 0 rings (SSSR count). The van der Waals surface area contributed by atoms with E-state index in [0.717, 1.165) is 0 Å². The van der Waals surface area contributed by atoms with Gasteiger partial charge in [-0.2, -0.15) is 0 Å². The van der Waals surface area contributed by atoms with Crippen LogP contribution in [0.15, 0.2) is 0 Å². The second-order valence-corrected chi connectivity index (χ2v) is 6.19. The Balaban J connectivity index is 4.24. The van der Waals surface area contributed by atoms with E-state index in [2.05, 4.69) is 5.32 Å². The van der Waals surface area contributed by atoms with Gasteiger partial charge < -0.3 is 11.1 Å². The molecule has 0 fully saturated rings. The normalized spacial score (nSPS) is 17.2. The van der Waals surface area contributed by atoms with E-state index < -0.39 is 16.0 Å². The molecule has 3 atom stereocenters. The maximum atomic E-state index is 11.9. The van der Waals surface area contributed by atoms with Crippen LogP contribution in [0, 0.1) is 0 Å². The summed E-state index contributed by atoms with van der Waals surface area (Å²) >= 11 is 0. The number of nitrogens with one attached hydrogen (secondary N) is 1. The first-order valence-electron chi connectivity index (χ1n) is 5.30. The van der Waals surface area contributed by atoms with Gasteiger partial charge in [-0.15, -0.1) is 0 Å². The smallest absolute Gasteiger partial charge is 0.235 e. The van der Waals surface area contributed by atoms with E-state index in [1.165, 1.54) is 0 Å². The summed E-state index contributed by atoms with van der Waals surface area (Å²) in [4.78, 5) is 11.6. The van der Waals surface area contributed by atoms with Crippen molar-refractivity contribution in [2.24, 2.45) is 5.73 Å². The summed E-state index contributed by atoms with van der Waals surface area (Å²) in [6.07, 6.45) is 0.686. The lowest BCUT2D eigenvalue weighted by Gasteiger charge is -2.17. The van der Waals surface area contributed by atoms with Gasteiger partial charge in [-0.25, -0.2) is 0 Å². The van der Waals surface area contributed by atoms with Gasteiger partial charge >= 0.3 is 0 Å². The summed E-state index contributed by atoms with van der Waals surface area (Å²) in [7, 11) is -1.15. The minimum absolute atomic E-state index is 0.0251. The molecule has 0 aromatic carbocycles. The molecule has 5 heteroatoms. The zero-order chi connectivity index (χ0) is 12.0. The number of carbonyl (C=O) groups excluding carboxylic acids is 1. The fraction of sp³-hybridized carbons (Fsp3) is 0.900. The lowest BCUT2D eigenvalue weighted by molar-refractivity contribution is -0.120. The zero-order valence-electron chi connectivity index (χ0n) is 9.95. The fourth-order valence-electron chi connectivity index (χ4n) is 1.21. The molecule has 0 aromatic heterocycles. The van der Waals surface area contributed by atoms with Crippen LogP contribution in [0.4, 0.5) is 0 Å². The molecule has 0 aromatic rings. The monoisotopic (exact) mass is 234 g/mol. The molecule has 90 valence electrons. The summed E-state index contributed by atoms with van der Waals surface area (Å²) < 4.78 is 11.9. The Hall–Kier alpha value is -0.420. The van der Waals surface area contributed by atoms with E-state index in [9.17, 15) is 9.00 Å². The van der Waals surface area contributed by atoms with Gasteiger partial charge in [-0.05, 0) is 33.7 Å². The van der Waals surface area contributed by atoms with Gasteiger partial charge in [0.25, 0.3) is 0 Å². The molecule has 0 aliphatic heterocycles. The Kier molecular flexibility index (Phi) is 6.76. The third kappa shape index (κ3) is 5.28. The maximum absolute atomic E-state index is 11.9. The van der Waals surface area contributed by atoms with Gasteiger partial charge in [0, 0.05) is 22.1 Å². The maximum Gasteiger partial charge on any atom is 0.235 e. The SMILES string of the molecule is CC(C)NC(=O)C(C)S(=O)C(C)CCN. The highest BCUT2D eigenvalue weighted by Gasteiger charge is 2.24. The molecular weight excluding hydrogens is 212 g/mol. The van der Waals surface area contributed by atoms with Crippen molar-refractivity contribution in [3.05, 3.63) is 0 Å². The van der Waals surface area contributed by atoms with Gasteiger partial charge in [0.1, 0.15) is 5.25 Å². The molecule has 3 unspecified atom stereocenters. The van der Waals surface area contributed by atoms with Gasteiger partial charge in [0.15, 0.2) is 0 Å². The summed E-state index contributed by atoms with van der Waals surface area (Å²) in [5.41, 5.74) is 5.39. The van der Waals surface area contributed by atoms with Crippen LogP contribution in [0.2, 0.25) is 0 Å². The van der Waals surface area contributed by atoms with Gasteiger partial charge in [0.2, 0.25) is 5.91 Å². The van der Waals surface area contributed by atoms with Gasteiger partial charge in [-0.1, -0.05) is 6.92 Å². The molecule has 3 N–H and O–H groups in total. The minimum Gasteiger partial charge on any atom is -0.353 e. The molecule has 0 aliphatic carbocycles. The predicted octanol–water partition coefficient (Wildman–Crippen LogP) is 0.386. The fourth-order valence-corrected chi connectivity index (χ4v) is 2.55. The average molecular weight is 234 g/mol. The van der Waals surface area contributed by atoms with Gasteiger partial charge in [0.05, 0.1) is 0 Å². The first kappa shape index (κ1) is 14.6. The second-order valence-electron chi connectivity index (χ2n) is 4.02. The van der Waals surface area contributed by atoms with E-state index in [0.29, 0.717) is 13.0 Å². The topological polar surface area (TPSA) is 72.2 Å². The number of carbonyl (C=O) groups is 1. The molecule has 0 radical (unpaired) electrons. The van der Waals surface area contributed by atoms with Crippen LogP contribution in [0.1, 0.15) is 34.1 Å². The third-order valence-electron chi connectivity index (χ3n) is 2.12. The molecular formula is C10H22N2O2S. The molecule has 0 bridgehead atoms. The van der Waals surface area contributed by atoms with E-state index in [-0.39, 0.29) is 17.2 Å². The lowest BCUT2D eigenvalue weighted by Crippen LogP contribution is -2.41. The minimum atomic E-state index is -1.15. The molecule has 0 spiro atoms. The van der Waals surface area contributed by atoms with E-state index >= 15 is 0 Å². The Morgan fingerprint density at radius 1 is 1.33 bits per heavy atom. The van der Waals surface area contributed by atoms with Crippen molar-refractivity contribution in [1.82, 2.24) is 5.32 Å². The number of hydrogen-bond acceptors (Lipinski definition) is 3. The van der Waals surface area contributed by atoms with Crippen molar-refractivity contribution in [3.63, 3.8) is 0 Å². The van der Waals surface area contributed by atoms with Crippen LogP contribution in [0.25, 0.3) is 0 Å². The van der Waals surface area contributed by atoms with E-state index in [1.54, 1.807) is 6.92 Å². The summed E-state index contributed by atoms with van der Waals surface area (Å²) in [6.45, 7) is 7.84. The van der Waals surface area contributed by atoms with Crippen molar-refractivity contribution in [2.45, 2.75) is 50.7 Å². The number of nitrogens with two attached hydrogens (primary N) is 1. The number of amides is 1. The van der Waals surface area contributed by atoms with Crippen LogP contribution in [0.3, 0.4) is 0 Å². The average Bonchev–Trinajstić information content (AvgIpc) is 2.14. The first-order valence-corrected chi connectivity index (χ1v) is 6.57. The molecule has 15 heavy (non-hydrogen) atoms. The predicted molar refractivity (Wildman–Crippen MR) is 64.0 cm³/mol. The third-order valence-corrected chi connectivity index (χ3v) is 4.06. The molecule has 0 aliphatic rings. The van der Waals surface area contributed by atoms with E-state index in [1.807, 2.05) is 20.8 Å². The highest BCUT2D eigenvalue weighted by Crippen LogP contribution is 2.07. The standard InChI is InChI=1S/C10H22N2O2S/c1-7(2)12-10(13)9(4)15(14)8(3)5-6-11/h7-9H,5-6,11H2,1-4H3,(H,12,13). The highest BCUT2D eigenvalue weighted by atomic mass is 32.2. The van der Waals surface area contributed by atoms with E-state index in [4.69, 9.17) is 5.73 Å². The van der Waals surface area contributed by atoms with Crippen molar-refractivity contribution < 1.29 is 9.00 Å². The summed E-state index contributed by atoms with van der Waals surface area (Å²) in [6, 6.07) is 0.0850. The molecule has 0 saturated heterocycles. The van der Waals surface area contributed by atoms with Crippen LogP contribution < -0.4 is 11.1 Å². The first-order chi connectivity index (χ1) is 6.90. The zero-order valence-corrected chi connectivity index (χ0v) is 10.8. The van der Waals surface area contributed by atoms with Crippen LogP contribution in [-0.4, -0.2) is 33.2 Å². The molecule has 0 saturated carbocycles. The Morgan fingerprint density at radius 3 is 2.27 bits per heavy atom. The molecule has 4 nitrogen and oxygen atoms in total. The number of hydrogen-bond donors (Lipinski definition) is 2. The van der Waals surface area contributed by atoms with Crippen molar-refractivity contribution >= 4 is 16.7 Å². The Bertz CT molecular complexity index is 231. The summed E-state index contributed by atoms with van der Waals surface area (Å²) in [5.74, 6) is -0.146. The molecule has 1 amide bonds. The van der Waals surface area contributed by atoms with Crippen LogP contribution >= 0.6 is 0 Å². The van der Waals surface area contributed by atoms with Crippen LogP contribution in [0.5, 0.6) is 0 Å². The Morgan fingerprint density at radius 2 is 1.87 bits per heavy atom.